The molecule has 2 aromatic rings. The highest BCUT2D eigenvalue weighted by Gasteiger charge is 2.19. The fourth-order valence-electron chi connectivity index (χ4n) is 1.84. The fraction of sp³-hybridized carbons (Fsp3) is 0.200. The molecule has 2 aromatic carbocycles. The van der Waals surface area contributed by atoms with Crippen LogP contribution < -0.4 is 10.5 Å². The topological polar surface area (TPSA) is 35.2 Å². The number of hydrogen-bond acceptors (Lipinski definition) is 2. The molecule has 100 valence electrons. The number of halogens is 2. The average molecular weight is 388 g/mol. The van der Waals surface area contributed by atoms with Crippen molar-refractivity contribution in [2.75, 3.05) is 0 Å². The maximum atomic E-state index is 6.06. The van der Waals surface area contributed by atoms with Gasteiger partial charge in [-0.2, -0.15) is 0 Å². The Kier molecular flexibility index (Phi) is 5.07. The molecule has 2 atom stereocenters. The van der Waals surface area contributed by atoms with E-state index in [1.165, 1.54) is 0 Å². The Bertz CT molecular complexity index is 559. The largest absolute Gasteiger partial charge is 0.483 e. The van der Waals surface area contributed by atoms with Gasteiger partial charge in [0.05, 0.1) is 3.57 Å². The standard InChI is InChI=1S/C15H15ClINO/c1-10(18)15(11-5-4-6-12(16)9-11)19-14-8-3-2-7-13(14)17/h2-10,15H,18H2,1H3. The molecule has 0 aliphatic heterocycles. The molecule has 0 aromatic heterocycles. The first-order chi connectivity index (χ1) is 9.08. The fourth-order valence-corrected chi connectivity index (χ4v) is 2.55. The highest BCUT2D eigenvalue weighted by molar-refractivity contribution is 14.1. The third kappa shape index (κ3) is 3.84. The van der Waals surface area contributed by atoms with Crippen LogP contribution in [0.3, 0.4) is 0 Å². The maximum Gasteiger partial charge on any atom is 0.139 e. The third-order valence-electron chi connectivity index (χ3n) is 2.75. The van der Waals surface area contributed by atoms with Crippen LogP contribution in [0.25, 0.3) is 0 Å². The summed E-state index contributed by atoms with van der Waals surface area (Å²) in [6.07, 6.45) is -0.213. The predicted octanol–water partition coefficient (Wildman–Crippen LogP) is 4.41. The van der Waals surface area contributed by atoms with Crippen molar-refractivity contribution in [1.82, 2.24) is 0 Å². The van der Waals surface area contributed by atoms with Crippen molar-refractivity contribution in [3.63, 3.8) is 0 Å². The first-order valence-corrected chi connectivity index (χ1v) is 7.46. The Morgan fingerprint density at radius 3 is 2.53 bits per heavy atom. The lowest BCUT2D eigenvalue weighted by Gasteiger charge is -2.23. The molecule has 2 unspecified atom stereocenters. The van der Waals surface area contributed by atoms with E-state index in [9.17, 15) is 0 Å². The maximum absolute atomic E-state index is 6.06. The van der Waals surface area contributed by atoms with Crippen LogP contribution >= 0.6 is 34.2 Å². The smallest absolute Gasteiger partial charge is 0.139 e. The monoisotopic (exact) mass is 387 g/mol. The minimum atomic E-state index is -0.213. The van der Waals surface area contributed by atoms with E-state index in [4.69, 9.17) is 22.1 Å². The molecule has 0 aliphatic carbocycles. The van der Waals surface area contributed by atoms with E-state index in [2.05, 4.69) is 22.6 Å². The molecular formula is C15H15ClINO. The molecule has 2 rings (SSSR count). The van der Waals surface area contributed by atoms with Crippen molar-refractivity contribution >= 4 is 34.2 Å². The third-order valence-corrected chi connectivity index (χ3v) is 3.87. The summed E-state index contributed by atoms with van der Waals surface area (Å²) in [6, 6.07) is 15.4. The van der Waals surface area contributed by atoms with Crippen LogP contribution in [0.15, 0.2) is 48.5 Å². The van der Waals surface area contributed by atoms with Gasteiger partial charge < -0.3 is 10.5 Å². The van der Waals surface area contributed by atoms with Gasteiger partial charge in [-0.05, 0) is 59.3 Å². The summed E-state index contributed by atoms with van der Waals surface area (Å²) in [6.45, 7) is 1.93. The summed E-state index contributed by atoms with van der Waals surface area (Å²) in [7, 11) is 0. The van der Waals surface area contributed by atoms with Gasteiger partial charge in [-0.15, -0.1) is 0 Å². The van der Waals surface area contributed by atoms with Crippen molar-refractivity contribution in [1.29, 1.82) is 0 Å². The molecule has 0 fully saturated rings. The SMILES string of the molecule is CC(N)C(Oc1ccccc1I)c1cccc(Cl)c1. The number of rotatable bonds is 4. The number of benzene rings is 2. The lowest BCUT2D eigenvalue weighted by Crippen LogP contribution is -2.29. The van der Waals surface area contributed by atoms with E-state index in [0.29, 0.717) is 5.02 Å². The Morgan fingerprint density at radius 1 is 1.16 bits per heavy atom. The molecule has 2 N–H and O–H groups in total. The van der Waals surface area contributed by atoms with Crippen LogP contribution in [0.1, 0.15) is 18.6 Å². The van der Waals surface area contributed by atoms with Gasteiger partial charge in [0.25, 0.3) is 0 Å². The first kappa shape index (κ1) is 14.6. The van der Waals surface area contributed by atoms with Crippen molar-refractivity contribution in [2.24, 2.45) is 5.73 Å². The van der Waals surface area contributed by atoms with Gasteiger partial charge in [-0.1, -0.05) is 35.9 Å². The first-order valence-electron chi connectivity index (χ1n) is 6.00. The lowest BCUT2D eigenvalue weighted by molar-refractivity contribution is 0.179. The molecule has 4 heteroatoms. The summed E-state index contributed by atoms with van der Waals surface area (Å²) in [5, 5.41) is 0.689. The molecule has 0 aliphatic rings. The minimum absolute atomic E-state index is 0.130. The molecule has 0 amide bonds. The molecule has 2 nitrogen and oxygen atoms in total. The lowest BCUT2D eigenvalue weighted by atomic mass is 10.0. The number of hydrogen-bond donors (Lipinski definition) is 1. The summed E-state index contributed by atoms with van der Waals surface area (Å²) in [4.78, 5) is 0. The van der Waals surface area contributed by atoms with Crippen molar-refractivity contribution < 1.29 is 4.74 Å². The van der Waals surface area contributed by atoms with Gasteiger partial charge in [-0.3, -0.25) is 0 Å². The Balaban J connectivity index is 2.29. The summed E-state index contributed by atoms with van der Waals surface area (Å²) in [5.74, 6) is 0.838. The van der Waals surface area contributed by atoms with Gasteiger partial charge in [0.1, 0.15) is 11.9 Å². The second kappa shape index (κ2) is 6.59. The molecule has 19 heavy (non-hydrogen) atoms. The number of ether oxygens (including phenoxy) is 1. The second-order valence-electron chi connectivity index (χ2n) is 4.38. The van der Waals surface area contributed by atoms with E-state index in [1.54, 1.807) is 0 Å². The van der Waals surface area contributed by atoms with Crippen LogP contribution in [0, 0.1) is 3.57 Å². The van der Waals surface area contributed by atoms with Crippen LogP contribution in [-0.2, 0) is 0 Å². The Morgan fingerprint density at radius 2 is 1.89 bits per heavy atom. The summed E-state index contributed by atoms with van der Waals surface area (Å²) in [5.41, 5.74) is 7.03. The molecule has 0 saturated heterocycles. The van der Waals surface area contributed by atoms with E-state index < -0.39 is 0 Å². The van der Waals surface area contributed by atoms with Gasteiger partial charge >= 0.3 is 0 Å². The number of para-hydroxylation sites is 1. The quantitative estimate of drug-likeness (QED) is 0.789. The van der Waals surface area contributed by atoms with Crippen LogP contribution in [0.5, 0.6) is 5.75 Å². The van der Waals surface area contributed by atoms with Crippen LogP contribution in [0.4, 0.5) is 0 Å². The molecule has 0 bridgehead atoms. The normalized spacial score (nSPS) is 13.9. The second-order valence-corrected chi connectivity index (χ2v) is 5.98. The van der Waals surface area contributed by atoms with Gasteiger partial charge in [0.15, 0.2) is 0 Å². The minimum Gasteiger partial charge on any atom is -0.483 e. The van der Waals surface area contributed by atoms with Crippen molar-refractivity contribution in [3.8, 4) is 5.75 Å². The zero-order valence-electron chi connectivity index (χ0n) is 10.5. The predicted molar refractivity (Wildman–Crippen MR) is 87.6 cm³/mol. The zero-order valence-corrected chi connectivity index (χ0v) is 13.4. The van der Waals surface area contributed by atoms with Gasteiger partial charge in [0.2, 0.25) is 0 Å². The van der Waals surface area contributed by atoms with Crippen molar-refractivity contribution in [3.05, 3.63) is 62.7 Å². The number of nitrogens with two attached hydrogens (primary N) is 1. The van der Waals surface area contributed by atoms with Crippen molar-refractivity contribution in [2.45, 2.75) is 19.1 Å². The van der Waals surface area contributed by atoms with E-state index >= 15 is 0 Å². The molecular weight excluding hydrogens is 373 g/mol. The highest BCUT2D eigenvalue weighted by Crippen LogP contribution is 2.29. The van der Waals surface area contributed by atoms with Crippen LogP contribution in [0.2, 0.25) is 5.02 Å². The van der Waals surface area contributed by atoms with E-state index in [-0.39, 0.29) is 12.1 Å². The Hall–Kier alpha value is -0.780. The summed E-state index contributed by atoms with van der Waals surface area (Å²) < 4.78 is 7.12. The zero-order chi connectivity index (χ0) is 13.8. The average Bonchev–Trinajstić information content (AvgIpc) is 2.37. The molecule has 0 heterocycles. The van der Waals surface area contributed by atoms with Gasteiger partial charge in [0, 0.05) is 11.1 Å². The molecule has 0 spiro atoms. The molecule has 0 saturated carbocycles. The van der Waals surface area contributed by atoms with Gasteiger partial charge in [-0.25, -0.2) is 0 Å². The molecule has 0 radical (unpaired) electrons. The van der Waals surface area contributed by atoms with E-state index in [1.807, 2.05) is 55.5 Å². The summed E-state index contributed by atoms with van der Waals surface area (Å²) >= 11 is 8.28. The highest BCUT2D eigenvalue weighted by atomic mass is 127. The van der Waals surface area contributed by atoms with Crippen LogP contribution in [-0.4, -0.2) is 6.04 Å². The Labute approximate surface area is 132 Å². The van der Waals surface area contributed by atoms with E-state index in [0.717, 1.165) is 14.9 Å².